The molecule has 3 rings (SSSR count). The number of carbonyl (C=O) groups excluding carboxylic acids is 2. The van der Waals surface area contributed by atoms with Crippen LogP contribution in [0.15, 0.2) is 74.7 Å². The molecule has 0 aliphatic carbocycles. The van der Waals surface area contributed by atoms with Gasteiger partial charge in [0.05, 0.1) is 23.9 Å². The number of hydrogen-bond acceptors (Lipinski definition) is 5. The van der Waals surface area contributed by atoms with Gasteiger partial charge in [-0.05, 0) is 59.3 Å². The molecule has 3 aromatic rings. The zero-order valence-electron chi connectivity index (χ0n) is 15.0. The molecule has 0 fully saturated rings. The normalized spacial score (nSPS) is 10.8. The lowest BCUT2D eigenvalue weighted by atomic mass is 10.1. The lowest BCUT2D eigenvalue weighted by Gasteiger charge is -2.03. The second kappa shape index (κ2) is 9.14. The minimum absolute atomic E-state index is 0.315. The van der Waals surface area contributed by atoms with Crippen LogP contribution in [0, 0.1) is 0 Å². The van der Waals surface area contributed by atoms with Crippen molar-refractivity contribution >= 4 is 34.0 Å². The Morgan fingerprint density at radius 3 is 2.75 bits per heavy atom. The molecular formula is C21H17BrN2O4. The van der Waals surface area contributed by atoms with E-state index < -0.39 is 0 Å². The van der Waals surface area contributed by atoms with Crippen molar-refractivity contribution in [3.05, 3.63) is 82.0 Å². The van der Waals surface area contributed by atoms with Crippen LogP contribution in [0.4, 0.5) is 0 Å². The summed E-state index contributed by atoms with van der Waals surface area (Å²) < 4.78 is 11.4. The molecule has 1 heterocycles. The molecule has 7 heteroatoms. The summed E-state index contributed by atoms with van der Waals surface area (Å²) in [6, 6.07) is 17.5. The predicted octanol–water partition coefficient (Wildman–Crippen LogP) is 4.65. The molecule has 142 valence electrons. The molecule has 0 atom stereocenters. The first kappa shape index (κ1) is 19.6. The van der Waals surface area contributed by atoms with Crippen LogP contribution >= 0.6 is 15.9 Å². The molecule has 0 aliphatic rings. The molecule has 28 heavy (non-hydrogen) atoms. The molecular weight excluding hydrogens is 424 g/mol. The Bertz CT molecular complexity index is 1030. The van der Waals surface area contributed by atoms with Crippen LogP contribution in [-0.4, -0.2) is 24.7 Å². The summed E-state index contributed by atoms with van der Waals surface area (Å²) in [6.45, 7) is 2.07. The number of furan rings is 1. The zero-order valence-corrected chi connectivity index (χ0v) is 16.6. The Labute approximate surface area is 170 Å². The van der Waals surface area contributed by atoms with Gasteiger partial charge < -0.3 is 9.15 Å². The van der Waals surface area contributed by atoms with Crippen molar-refractivity contribution in [2.75, 3.05) is 6.61 Å². The van der Waals surface area contributed by atoms with Gasteiger partial charge in [0.1, 0.15) is 11.5 Å². The molecule has 2 aromatic carbocycles. The molecule has 0 spiro atoms. The largest absolute Gasteiger partial charge is 0.462 e. The van der Waals surface area contributed by atoms with E-state index in [1.54, 1.807) is 55.5 Å². The van der Waals surface area contributed by atoms with Crippen molar-refractivity contribution in [3.8, 4) is 11.3 Å². The SMILES string of the molecule is CCOC(=O)c1cccc(-c2ccc(/C=N\NC(=O)c3ccccc3Br)o2)c1. The predicted molar refractivity (Wildman–Crippen MR) is 109 cm³/mol. The molecule has 0 saturated carbocycles. The highest BCUT2D eigenvalue weighted by molar-refractivity contribution is 9.10. The van der Waals surface area contributed by atoms with E-state index in [1.807, 2.05) is 12.1 Å². The van der Waals surface area contributed by atoms with Gasteiger partial charge in [-0.3, -0.25) is 4.79 Å². The minimum Gasteiger partial charge on any atom is -0.462 e. The molecule has 0 unspecified atom stereocenters. The van der Waals surface area contributed by atoms with Gasteiger partial charge in [-0.25, -0.2) is 10.2 Å². The zero-order chi connectivity index (χ0) is 19.9. The molecule has 0 saturated heterocycles. The van der Waals surface area contributed by atoms with E-state index in [4.69, 9.17) is 9.15 Å². The summed E-state index contributed by atoms with van der Waals surface area (Å²) in [4.78, 5) is 24.0. The van der Waals surface area contributed by atoms with Crippen LogP contribution in [0.2, 0.25) is 0 Å². The molecule has 0 bridgehead atoms. The van der Waals surface area contributed by atoms with Crippen molar-refractivity contribution in [3.63, 3.8) is 0 Å². The number of rotatable bonds is 6. The number of nitrogens with zero attached hydrogens (tertiary/aromatic N) is 1. The number of hydrogen-bond donors (Lipinski definition) is 1. The summed E-state index contributed by atoms with van der Waals surface area (Å²) in [5.41, 5.74) is 4.13. The molecule has 1 aromatic heterocycles. The standard InChI is InChI=1S/C21H17BrN2O4/c1-2-27-21(26)15-7-5-6-14(12-15)19-11-10-16(28-19)13-23-24-20(25)17-8-3-4-9-18(17)22/h3-13H,2H2,1H3,(H,24,25)/b23-13-. The maximum Gasteiger partial charge on any atom is 0.338 e. The van der Waals surface area contributed by atoms with E-state index in [1.165, 1.54) is 6.21 Å². The van der Waals surface area contributed by atoms with Crippen LogP contribution in [0.25, 0.3) is 11.3 Å². The third-order valence-corrected chi connectivity index (χ3v) is 4.45. The fourth-order valence-electron chi connectivity index (χ4n) is 2.45. The quantitative estimate of drug-likeness (QED) is 0.343. The third kappa shape index (κ3) is 4.75. The van der Waals surface area contributed by atoms with Crippen molar-refractivity contribution < 1.29 is 18.7 Å². The molecule has 6 nitrogen and oxygen atoms in total. The van der Waals surface area contributed by atoms with Gasteiger partial charge in [0.25, 0.3) is 5.91 Å². The topological polar surface area (TPSA) is 80.9 Å². The number of nitrogens with one attached hydrogen (secondary N) is 1. The van der Waals surface area contributed by atoms with Crippen molar-refractivity contribution in [2.45, 2.75) is 6.92 Å². The van der Waals surface area contributed by atoms with Crippen molar-refractivity contribution in [1.29, 1.82) is 0 Å². The van der Waals surface area contributed by atoms with Crippen molar-refractivity contribution in [1.82, 2.24) is 5.43 Å². The lowest BCUT2D eigenvalue weighted by molar-refractivity contribution is 0.0526. The number of benzene rings is 2. The Morgan fingerprint density at radius 1 is 1.14 bits per heavy atom. The van der Waals surface area contributed by atoms with E-state index in [9.17, 15) is 9.59 Å². The Morgan fingerprint density at radius 2 is 1.96 bits per heavy atom. The van der Waals surface area contributed by atoms with Crippen LogP contribution < -0.4 is 5.43 Å². The first-order valence-electron chi connectivity index (χ1n) is 8.54. The average molecular weight is 441 g/mol. The van der Waals surface area contributed by atoms with E-state index in [2.05, 4.69) is 26.5 Å². The second-order valence-corrected chi connectivity index (χ2v) is 6.54. The molecule has 1 amide bonds. The highest BCUT2D eigenvalue weighted by atomic mass is 79.9. The van der Waals surface area contributed by atoms with Gasteiger partial charge >= 0.3 is 5.97 Å². The summed E-state index contributed by atoms with van der Waals surface area (Å²) >= 11 is 3.32. The van der Waals surface area contributed by atoms with E-state index in [-0.39, 0.29) is 11.9 Å². The van der Waals surface area contributed by atoms with Gasteiger partial charge in [0.15, 0.2) is 0 Å². The number of carbonyl (C=O) groups is 2. The smallest absolute Gasteiger partial charge is 0.338 e. The first-order chi connectivity index (χ1) is 13.6. The number of amides is 1. The Hall–Kier alpha value is -3.19. The fourth-order valence-corrected chi connectivity index (χ4v) is 2.92. The van der Waals surface area contributed by atoms with E-state index in [0.29, 0.717) is 33.7 Å². The van der Waals surface area contributed by atoms with Crippen LogP contribution in [0.1, 0.15) is 33.4 Å². The number of esters is 1. The first-order valence-corrected chi connectivity index (χ1v) is 9.33. The van der Waals surface area contributed by atoms with Crippen LogP contribution in [0.5, 0.6) is 0 Å². The van der Waals surface area contributed by atoms with Gasteiger partial charge in [-0.1, -0.05) is 24.3 Å². The fraction of sp³-hybridized carbons (Fsp3) is 0.0952. The number of halogens is 1. The van der Waals surface area contributed by atoms with Crippen LogP contribution in [0.3, 0.4) is 0 Å². The van der Waals surface area contributed by atoms with Gasteiger partial charge in [-0.15, -0.1) is 0 Å². The summed E-state index contributed by atoms with van der Waals surface area (Å²) in [5.74, 6) is 0.318. The van der Waals surface area contributed by atoms with Gasteiger partial charge in [0.2, 0.25) is 0 Å². The Kier molecular flexibility index (Phi) is 6.39. The molecule has 0 radical (unpaired) electrons. The number of ether oxygens (including phenoxy) is 1. The molecule has 1 N–H and O–H groups in total. The Balaban J connectivity index is 1.68. The van der Waals surface area contributed by atoms with Crippen molar-refractivity contribution in [2.24, 2.45) is 5.10 Å². The summed E-state index contributed by atoms with van der Waals surface area (Å²) in [7, 11) is 0. The minimum atomic E-state index is -0.382. The molecule has 0 aliphatic heterocycles. The van der Waals surface area contributed by atoms with E-state index >= 15 is 0 Å². The summed E-state index contributed by atoms with van der Waals surface area (Å²) in [5, 5.41) is 3.92. The summed E-state index contributed by atoms with van der Waals surface area (Å²) in [6.07, 6.45) is 1.41. The van der Waals surface area contributed by atoms with Gasteiger partial charge in [-0.2, -0.15) is 5.10 Å². The lowest BCUT2D eigenvalue weighted by Crippen LogP contribution is -2.17. The maximum atomic E-state index is 12.1. The third-order valence-electron chi connectivity index (χ3n) is 3.76. The highest BCUT2D eigenvalue weighted by Gasteiger charge is 2.10. The van der Waals surface area contributed by atoms with E-state index in [0.717, 1.165) is 5.56 Å². The maximum absolute atomic E-state index is 12.1. The monoisotopic (exact) mass is 440 g/mol. The van der Waals surface area contributed by atoms with Crippen LogP contribution in [-0.2, 0) is 4.74 Å². The highest BCUT2D eigenvalue weighted by Crippen LogP contribution is 2.23. The number of hydrazone groups is 1. The average Bonchev–Trinajstić information content (AvgIpc) is 3.17. The van der Waals surface area contributed by atoms with Gasteiger partial charge in [0, 0.05) is 10.0 Å². The second-order valence-electron chi connectivity index (χ2n) is 5.68.